The van der Waals surface area contributed by atoms with Crippen molar-refractivity contribution in [3.8, 4) is 0 Å². The third-order valence-electron chi connectivity index (χ3n) is 4.19. The first kappa shape index (κ1) is 20.6. The van der Waals surface area contributed by atoms with E-state index in [0.717, 1.165) is 23.4 Å². The summed E-state index contributed by atoms with van der Waals surface area (Å²) in [6.45, 7) is 6.33. The second-order valence-corrected chi connectivity index (χ2v) is 7.89. The van der Waals surface area contributed by atoms with E-state index in [2.05, 4.69) is 26.1 Å². The smallest absolute Gasteiger partial charge is 0.255 e. The van der Waals surface area contributed by atoms with E-state index in [9.17, 15) is 18.0 Å². The van der Waals surface area contributed by atoms with Gasteiger partial charge in [0.05, 0.1) is 5.02 Å². The van der Waals surface area contributed by atoms with Crippen molar-refractivity contribution in [2.45, 2.75) is 37.3 Å². The number of amides is 1. The predicted molar refractivity (Wildman–Crippen MR) is 100 cm³/mol. The van der Waals surface area contributed by atoms with Crippen LogP contribution in [0.5, 0.6) is 0 Å². The van der Waals surface area contributed by atoms with E-state index in [1.54, 1.807) is 23.9 Å². The molecule has 0 saturated heterocycles. The molecule has 1 N–H and O–H groups in total. The summed E-state index contributed by atoms with van der Waals surface area (Å²) in [5.74, 6) is -4.40. The molecule has 2 aromatic carbocycles. The lowest BCUT2D eigenvalue weighted by atomic mass is 10.1. The molecule has 0 spiro atoms. The summed E-state index contributed by atoms with van der Waals surface area (Å²) in [7, 11) is 0. The molecule has 26 heavy (non-hydrogen) atoms. The zero-order chi connectivity index (χ0) is 19.4. The maximum Gasteiger partial charge on any atom is 0.255 e. The van der Waals surface area contributed by atoms with Crippen molar-refractivity contribution in [2.24, 2.45) is 5.92 Å². The second-order valence-electron chi connectivity index (χ2n) is 6.06. The van der Waals surface area contributed by atoms with Gasteiger partial charge in [0, 0.05) is 33.5 Å². The van der Waals surface area contributed by atoms with Crippen molar-refractivity contribution in [1.29, 1.82) is 0 Å². The third-order valence-corrected chi connectivity index (χ3v) is 6.06. The Hall–Kier alpha value is -1.66. The number of thioether (sulfide) groups is 1. The van der Waals surface area contributed by atoms with Gasteiger partial charge in [-0.05, 0) is 24.1 Å². The van der Waals surface area contributed by atoms with E-state index in [1.807, 2.05) is 0 Å². The molecule has 0 aliphatic rings. The van der Waals surface area contributed by atoms with Gasteiger partial charge in [-0.1, -0.05) is 38.8 Å². The number of nitrogens with one attached hydrogen (secondary N) is 1. The first-order valence-electron chi connectivity index (χ1n) is 8.15. The van der Waals surface area contributed by atoms with E-state index < -0.39 is 23.4 Å². The van der Waals surface area contributed by atoms with Crippen LogP contribution in [0.15, 0.2) is 35.2 Å². The molecule has 0 aromatic heterocycles. The highest BCUT2D eigenvalue weighted by molar-refractivity contribution is 8.00. The van der Waals surface area contributed by atoms with Crippen LogP contribution in [-0.4, -0.2) is 11.2 Å². The minimum atomic E-state index is -1.58. The van der Waals surface area contributed by atoms with Crippen molar-refractivity contribution in [3.63, 3.8) is 0 Å². The van der Waals surface area contributed by atoms with Crippen LogP contribution in [0.2, 0.25) is 5.02 Å². The summed E-state index contributed by atoms with van der Waals surface area (Å²) in [5, 5.41) is 3.19. The summed E-state index contributed by atoms with van der Waals surface area (Å²) < 4.78 is 39.6. The van der Waals surface area contributed by atoms with Crippen LogP contribution < -0.4 is 5.32 Å². The molecule has 2 atom stereocenters. The summed E-state index contributed by atoms with van der Waals surface area (Å²) in [6.07, 6.45) is 1.02. The third kappa shape index (κ3) is 4.95. The van der Waals surface area contributed by atoms with Crippen LogP contribution >= 0.6 is 23.4 Å². The molecule has 0 fully saturated rings. The highest BCUT2D eigenvalue weighted by atomic mass is 35.5. The van der Waals surface area contributed by atoms with Crippen LogP contribution in [-0.2, 0) is 0 Å². The molecule has 0 bridgehead atoms. The van der Waals surface area contributed by atoms with Gasteiger partial charge in [0.2, 0.25) is 0 Å². The molecule has 0 saturated carbocycles. The number of halogens is 4. The van der Waals surface area contributed by atoms with Crippen LogP contribution in [0.25, 0.3) is 0 Å². The molecule has 0 aliphatic heterocycles. The second kappa shape index (κ2) is 8.82. The lowest BCUT2D eigenvalue weighted by molar-refractivity contribution is 0.102. The minimum Gasteiger partial charge on any atom is -0.322 e. The van der Waals surface area contributed by atoms with Crippen molar-refractivity contribution in [3.05, 3.63) is 58.4 Å². The van der Waals surface area contributed by atoms with Gasteiger partial charge in [-0.3, -0.25) is 4.79 Å². The number of hydrogen-bond acceptors (Lipinski definition) is 2. The Labute approximate surface area is 160 Å². The van der Waals surface area contributed by atoms with Gasteiger partial charge in [0.25, 0.3) is 5.91 Å². The van der Waals surface area contributed by atoms with Gasteiger partial charge in [-0.25, -0.2) is 13.2 Å². The molecule has 2 aromatic rings. The predicted octanol–water partition coefficient (Wildman–Crippen LogP) is 6.54. The Kier molecular flexibility index (Phi) is 7.01. The van der Waals surface area contributed by atoms with Gasteiger partial charge in [-0.15, -0.1) is 11.8 Å². The quantitative estimate of drug-likeness (QED) is 0.440. The average Bonchev–Trinajstić information content (AvgIpc) is 2.60. The maximum absolute atomic E-state index is 13.3. The Balaban J connectivity index is 2.20. The Morgan fingerprint density at radius 3 is 2.35 bits per heavy atom. The van der Waals surface area contributed by atoms with E-state index in [-0.39, 0.29) is 5.69 Å². The van der Waals surface area contributed by atoms with Crippen molar-refractivity contribution in [2.75, 3.05) is 5.32 Å². The lowest BCUT2D eigenvalue weighted by Gasteiger charge is -2.18. The number of carbonyl (C=O) groups is 1. The number of rotatable bonds is 6. The summed E-state index contributed by atoms with van der Waals surface area (Å²) in [6, 6.07) is 6.22. The summed E-state index contributed by atoms with van der Waals surface area (Å²) in [4.78, 5) is 13.1. The van der Waals surface area contributed by atoms with Gasteiger partial charge in [0.1, 0.15) is 0 Å². The molecular formula is C19H19ClF3NOS. The molecule has 140 valence electrons. The van der Waals surface area contributed by atoms with E-state index in [1.165, 1.54) is 6.07 Å². The SMILES string of the molecule is CCC(C)C(C)Sc1cc(C(=O)Nc2cc(F)c(F)c(F)c2)ccc1Cl. The van der Waals surface area contributed by atoms with Gasteiger partial charge < -0.3 is 5.32 Å². The maximum atomic E-state index is 13.3. The number of hydrogen-bond donors (Lipinski definition) is 1. The number of benzene rings is 2. The van der Waals surface area contributed by atoms with Gasteiger partial charge in [-0.2, -0.15) is 0 Å². The summed E-state index contributed by atoms with van der Waals surface area (Å²) >= 11 is 7.78. The number of anilines is 1. The zero-order valence-electron chi connectivity index (χ0n) is 14.6. The van der Waals surface area contributed by atoms with Gasteiger partial charge >= 0.3 is 0 Å². The van der Waals surface area contributed by atoms with Crippen molar-refractivity contribution >= 4 is 35.0 Å². The van der Waals surface area contributed by atoms with E-state index >= 15 is 0 Å². The van der Waals surface area contributed by atoms with Crippen LogP contribution in [0.3, 0.4) is 0 Å². The molecular weight excluding hydrogens is 383 g/mol. The Morgan fingerprint density at radius 2 is 1.77 bits per heavy atom. The van der Waals surface area contributed by atoms with Crippen LogP contribution in [0.4, 0.5) is 18.9 Å². The lowest BCUT2D eigenvalue weighted by Crippen LogP contribution is -2.13. The largest absolute Gasteiger partial charge is 0.322 e. The van der Waals surface area contributed by atoms with E-state index in [0.29, 0.717) is 21.8 Å². The van der Waals surface area contributed by atoms with Crippen molar-refractivity contribution < 1.29 is 18.0 Å². The average molecular weight is 402 g/mol. The highest BCUT2D eigenvalue weighted by Crippen LogP contribution is 2.35. The Bertz CT molecular complexity index is 792. The standard InChI is InChI=1S/C19H19ClF3NOS/c1-4-10(2)11(3)26-17-7-12(5-6-14(17)20)19(25)24-13-8-15(21)18(23)16(22)9-13/h5-11H,4H2,1-3H3,(H,24,25). The molecule has 0 radical (unpaired) electrons. The van der Waals surface area contributed by atoms with Crippen molar-refractivity contribution in [1.82, 2.24) is 0 Å². The molecule has 1 amide bonds. The normalized spacial score (nSPS) is 13.3. The monoisotopic (exact) mass is 401 g/mol. The fraction of sp³-hybridized carbons (Fsp3) is 0.316. The first-order chi connectivity index (χ1) is 12.2. The molecule has 0 heterocycles. The zero-order valence-corrected chi connectivity index (χ0v) is 16.1. The topological polar surface area (TPSA) is 29.1 Å². The molecule has 2 rings (SSSR count). The Morgan fingerprint density at radius 1 is 1.15 bits per heavy atom. The molecule has 0 aliphatic carbocycles. The molecule has 2 unspecified atom stereocenters. The van der Waals surface area contributed by atoms with Gasteiger partial charge in [0.15, 0.2) is 17.5 Å². The first-order valence-corrected chi connectivity index (χ1v) is 9.40. The highest BCUT2D eigenvalue weighted by Gasteiger charge is 2.17. The fourth-order valence-corrected chi connectivity index (χ4v) is 3.67. The molecule has 7 heteroatoms. The minimum absolute atomic E-state index is 0.163. The van der Waals surface area contributed by atoms with E-state index in [4.69, 9.17) is 11.6 Å². The molecule has 2 nitrogen and oxygen atoms in total. The number of carbonyl (C=O) groups excluding carboxylic acids is 1. The van der Waals surface area contributed by atoms with Crippen LogP contribution in [0, 0.1) is 23.4 Å². The van der Waals surface area contributed by atoms with Crippen LogP contribution in [0.1, 0.15) is 37.6 Å². The fourth-order valence-electron chi connectivity index (χ4n) is 2.21. The summed E-state index contributed by atoms with van der Waals surface area (Å²) in [5.41, 5.74) is 0.127.